The Morgan fingerprint density at radius 1 is 0.396 bits per heavy atom. The molecule has 252 valence electrons. The molecule has 0 saturated carbocycles. The molecule has 0 unspecified atom stereocenters. The van der Waals surface area contributed by atoms with Crippen LogP contribution in [0.3, 0.4) is 0 Å². The summed E-state index contributed by atoms with van der Waals surface area (Å²) in [5.74, 6) is 0. The Balaban J connectivity index is 1.12. The van der Waals surface area contributed by atoms with Gasteiger partial charge in [0.25, 0.3) is 0 Å². The zero-order valence-electron chi connectivity index (χ0n) is 29.8. The van der Waals surface area contributed by atoms with E-state index in [-0.39, 0.29) is 5.41 Å². The largest absolute Gasteiger partial charge is 0.456 e. The number of anilines is 3. The van der Waals surface area contributed by atoms with Crippen molar-refractivity contribution in [1.82, 2.24) is 0 Å². The number of fused-ring (bicyclic) bond motifs is 6. The van der Waals surface area contributed by atoms with Crippen LogP contribution in [0.1, 0.15) is 25.0 Å². The third kappa shape index (κ3) is 5.10. The minimum Gasteiger partial charge on any atom is -0.456 e. The molecule has 0 bridgehead atoms. The van der Waals surface area contributed by atoms with E-state index in [4.69, 9.17) is 4.42 Å². The third-order valence-corrected chi connectivity index (χ3v) is 11.1. The summed E-state index contributed by atoms with van der Waals surface area (Å²) in [6, 6.07) is 67.9. The molecule has 1 aliphatic rings. The molecule has 8 aromatic carbocycles. The van der Waals surface area contributed by atoms with Gasteiger partial charge in [0.05, 0.1) is 5.69 Å². The van der Waals surface area contributed by atoms with Gasteiger partial charge in [-0.05, 0) is 98.6 Å². The van der Waals surface area contributed by atoms with Crippen molar-refractivity contribution in [3.8, 4) is 44.5 Å². The number of rotatable bonds is 6. The maximum atomic E-state index is 6.24. The van der Waals surface area contributed by atoms with Crippen molar-refractivity contribution in [3.63, 3.8) is 0 Å². The van der Waals surface area contributed by atoms with Crippen molar-refractivity contribution in [2.24, 2.45) is 0 Å². The van der Waals surface area contributed by atoms with Crippen LogP contribution in [0.2, 0.25) is 0 Å². The lowest BCUT2D eigenvalue weighted by Crippen LogP contribution is -2.14. The molecule has 53 heavy (non-hydrogen) atoms. The first-order valence-electron chi connectivity index (χ1n) is 18.3. The molecular weight excluding hydrogens is 643 g/mol. The minimum absolute atomic E-state index is 0.0364. The van der Waals surface area contributed by atoms with E-state index in [2.05, 4.69) is 195 Å². The van der Waals surface area contributed by atoms with Gasteiger partial charge in [-0.25, -0.2) is 0 Å². The van der Waals surface area contributed by atoms with Gasteiger partial charge in [0.15, 0.2) is 0 Å². The Labute approximate surface area is 310 Å². The van der Waals surface area contributed by atoms with E-state index in [1.807, 2.05) is 12.1 Å². The predicted molar refractivity (Wildman–Crippen MR) is 222 cm³/mol. The van der Waals surface area contributed by atoms with E-state index in [0.29, 0.717) is 0 Å². The number of furan rings is 1. The highest BCUT2D eigenvalue weighted by Crippen LogP contribution is 2.51. The lowest BCUT2D eigenvalue weighted by atomic mass is 9.82. The zero-order valence-corrected chi connectivity index (χ0v) is 29.8. The van der Waals surface area contributed by atoms with Crippen LogP contribution in [0.5, 0.6) is 0 Å². The summed E-state index contributed by atoms with van der Waals surface area (Å²) < 4.78 is 6.24. The molecule has 0 radical (unpaired) electrons. The fourth-order valence-electron chi connectivity index (χ4n) is 8.47. The van der Waals surface area contributed by atoms with Crippen molar-refractivity contribution >= 4 is 39.0 Å². The summed E-state index contributed by atoms with van der Waals surface area (Å²) in [5, 5.41) is 2.28. The Bertz CT molecular complexity index is 2790. The number of nitrogens with zero attached hydrogens (tertiary/aromatic N) is 1. The van der Waals surface area contributed by atoms with E-state index in [0.717, 1.165) is 44.6 Å². The first-order valence-corrected chi connectivity index (χ1v) is 18.3. The highest BCUT2D eigenvalue weighted by Gasteiger charge is 2.35. The summed E-state index contributed by atoms with van der Waals surface area (Å²) in [7, 11) is 0. The van der Waals surface area contributed by atoms with Gasteiger partial charge < -0.3 is 9.32 Å². The van der Waals surface area contributed by atoms with E-state index in [1.165, 1.54) is 50.1 Å². The predicted octanol–water partition coefficient (Wildman–Crippen LogP) is 14.4. The Kier molecular flexibility index (Phi) is 7.19. The average molecular weight is 680 g/mol. The van der Waals surface area contributed by atoms with Gasteiger partial charge in [-0.1, -0.05) is 153 Å². The smallest absolute Gasteiger partial charge is 0.136 e. The van der Waals surface area contributed by atoms with Crippen molar-refractivity contribution in [2.45, 2.75) is 19.3 Å². The second-order valence-corrected chi connectivity index (χ2v) is 14.5. The third-order valence-electron chi connectivity index (χ3n) is 11.1. The maximum Gasteiger partial charge on any atom is 0.136 e. The lowest BCUT2D eigenvalue weighted by Gasteiger charge is -2.28. The molecule has 0 spiro atoms. The van der Waals surface area contributed by atoms with Gasteiger partial charge in [-0.15, -0.1) is 0 Å². The zero-order chi connectivity index (χ0) is 35.5. The standard InChI is InChI=1S/C51H37NO/c1-51(2)45-19-9-6-16-42(45)44-33-37(27-32-46(44)51)40-15-7-10-20-47(40)52(38-28-23-35(24-29-38)34-13-4-3-5-14-34)39-30-25-36(26-31-39)41-18-12-22-49-50(41)43-17-8-11-21-48(43)53-49/h3-33H,1-2H3. The van der Waals surface area contributed by atoms with Crippen LogP contribution in [0, 0.1) is 0 Å². The molecule has 2 nitrogen and oxygen atoms in total. The van der Waals surface area contributed by atoms with Crippen LogP contribution >= 0.6 is 0 Å². The molecule has 0 atom stereocenters. The summed E-state index contributed by atoms with van der Waals surface area (Å²) in [5.41, 5.74) is 17.6. The normalized spacial score (nSPS) is 12.9. The fraction of sp³-hybridized carbons (Fsp3) is 0.0588. The first kappa shape index (κ1) is 31.1. The average Bonchev–Trinajstić information content (AvgIpc) is 3.71. The molecule has 2 heteroatoms. The van der Waals surface area contributed by atoms with Crippen molar-refractivity contribution in [3.05, 3.63) is 199 Å². The molecule has 1 aromatic heterocycles. The number of hydrogen-bond acceptors (Lipinski definition) is 2. The molecule has 0 N–H and O–H groups in total. The molecule has 0 aliphatic heterocycles. The van der Waals surface area contributed by atoms with E-state index < -0.39 is 0 Å². The van der Waals surface area contributed by atoms with Crippen LogP contribution in [-0.2, 0) is 5.41 Å². The Morgan fingerprint density at radius 3 is 1.75 bits per heavy atom. The molecule has 10 rings (SSSR count). The highest BCUT2D eigenvalue weighted by molar-refractivity contribution is 6.12. The summed E-state index contributed by atoms with van der Waals surface area (Å²) in [6.45, 7) is 4.68. The topological polar surface area (TPSA) is 16.4 Å². The summed E-state index contributed by atoms with van der Waals surface area (Å²) >= 11 is 0. The van der Waals surface area contributed by atoms with Gasteiger partial charge >= 0.3 is 0 Å². The van der Waals surface area contributed by atoms with Crippen molar-refractivity contribution in [1.29, 1.82) is 0 Å². The van der Waals surface area contributed by atoms with Gasteiger partial charge in [-0.3, -0.25) is 0 Å². The monoisotopic (exact) mass is 679 g/mol. The molecule has 9 aromatic rings. The van der Waals surface area contributed by atoms with Crippen LogP contribution in [0.25, 0.3) is 66.4 Å². The second-order valence-electron chi connectivity index (χ2n) is 14.5. The summed E-state index contributed by atoms with van der Waals surface area (Å²) in [6.07, 6.45) is 0. The van der Waals surface area contributed by atoms with Gasteiger partial charge in [0, 0.05) is 33.1 Å². The number of benzene rings is 8. The molecule has 1 aliphatic carbocycles. The van der Waals surface area contributed by atoms with Crippen LogP contribution in [0.15, 0.2) is 192 Å². The quantitative estimate of drug-likeness (QED) is 0.174. The molecule has 0 fully saturated rings. The highest BCUT2D eigenvalue weighted by atomic mass is 16.3. The Morgan fingerprint density at radius 2 is 0.962 bits per heavy atom. The molecule has 0 amide bonds. The van der Waals surface area contributed by atoms with E-state index >= 15 is 0 Å². The fourth-order valence-corrected chi connectivity index (χ4v) is 8.47. The number of hydrogen-bond donors (Lipinski definition) is 0. The van der Waals surface area contributed by atoms with E-state index in [1.54, 1.807) is 0 Å². The molecular formula is C51H37NO. The SMILES string of the molecule is CC1(C)c2ccccc2-c2cc(-c3ccccc3N(c3ccc(-c4ccccc4)cc3)c3ccc(-c4cccc5oc6ccccc6c45)cc3)ccc21. The lowest BCUT2D eigenvalue weighted by molar-refractivity contribution is 0.660. The maximum absolute atomic E-state index is 6.24. The first-order chi connectivity index (χ1) is 26.0. The van der Waals surface area contributed by atoms with E-state index in [9.17, 15) is 0 Å². The second kappa shape index (κ2) is 12.3. The molecule has 1 heterocycles. The van der Waals surface area contributed by atoms with Crippen LogP contribution in [-0.4, -0.2) is 0 Å². The van der Waals surface area contributed by atoms with Gasteiger partial charge in [-0.2, -0.15) is 0 Å². The van der Waals surface area contributed by atoms with Crippen molar-refractivity contribution < 1.29 is 4.42 Å². The van der Waals surface area contributed by atoms with Gasteiger partial charge in [0.2, 0.25) is 0 Å². The van der Waals surface area contributed by atoms with Gasteiger partial charge in [0.1, 0.15) is 11.2 Å². The Hall–Kier alpha value is -6.64. The molecule has 0 saturated heterocycles. The van der Waals surface area contributed by atoms with Crippen LogP contribution < -0.4 is 4.90 Å². The summed E-state index contributed by atoms with van der Waals surface area (Å²) in [4.78, 5) is 2.40. The minimum atomic E-state index is -0.0364. The number of para-hydroxylation sites is 2. The van der Waals surface area contributed by atoms with Crippen LogP contribution in [0.4, 0.5) is 17.1 Å². The van der Waals surface area contributed by atoms with Crippen molar-refractivity contribution in [2.75, 3.05) is 4.90 Å².